The molecule has 1 saturated heterocycles. The van der Waals surface area contributed by atoms with Gasteiger partial charge in [0.15, 0.2) is 0 Å². The van der Waals surface area contributed by atoms with Crippen LogP contribution in [0.25, 0.3) is 0 Å². The highest BCUT2D eigenvalue weighted by atomic mass is 19.1. The first-order chi connectivity index (χ1) is 15.8. The zero-order chi connectivity index (χ0) is 24.1. The van der Waals surface area contributed by atoms with E-state index in [1.807, 2.05) is 13.8 Å². The summed E-state index contributed by atoms with van der Waals surface area (Å²) in [7, 11) is 1.58. The van der Waals surface area contributed by atoms with Gasteiger partial charge in [-0.15, -0.1) is 0 Å². The van der Waals surface area contributed by atoms with Crippen molar-refractivity contribution in [1.82, 2.24) is 25.3 Å². The number of hydrogen-bond acceptors (Lipinski definition) is 5. The van der Waals surface area contributed by atoms with Gasteiger partial charge in [0, 0.05) is 57.1 Å². The van der Waals surface area contributed by atoms with E-state index < -0.39 is 23.9 Å². The molecule has 0 radical (unpaired) electrons. The van der Waals surface area contributed by atoms with E-state index in [2.05, 4.69) is 15.5 Å². The number of esters is 1. The average molecular weight is 462 g/mol. The number of nitrogens with zero attached hydrogens (tertiary/aromatic N) is 3. The van der Waals surface area contributed by atoms with Gasteiger partial charge in [0.25, 0.3) is 0 Å². The van der Waals surface area contributed by atoms with E-state index in [0.717, 1.165) is 0 Å². The third-order valence-corrected chi connectivity index (χ3v) is 5.96. The Kier molecular flexibility index (Phi) is 7.91. The van der Waals surface area contributed by atoms with Crippen molar-refractivity contribution < 1.29 is 23.5 Å². The molecule has 0 aliphatic carbocycles. The molecule has 2 atom stereocenters. The molecular weight excluding hydrogens is 429 g/mol. The molecule has 0 spiro atoms. The van der Waals surface area contributed by atoms with Crippen molar-refractivity contribution >= 4 is 18.0 Å². The Morgan fingerprint density at radius 3 is 2.61 bits per heavy atom. The van der Waals surface area contributed by atoms with Crippen LogP contribution in [0.2, 0.25) is 0 Å². The molecular formula is C23H32FN5O4. The van der Waals surface area contributed by atoms with Crippen molar-refractivity contribution in [3.05, 3.63) is 46.9 Å². The van der Waals surface area contributed by atoms with E-state index in [0.29, 0.717) is 31.9 Å². The van der Waals surface area contributed by atoms with Crippen LogP contribution in [-0.4, -0.2) is 85.2 Å². The van der Waals surface area contributed by atoms with Gasteiger partial charge >= 0.3 is 18.0 Å². The number of carbonyl (C=O) groups is 3. The van der Waals surface area contributed by atoms with Crippen LogP contribution in [0.15, 0.2) is 35.5 Å². The predicted molar refractivity (Wildman–Crippen MR) is 121 cm³/mol. The monoisotopic (exact) mass is 461 g/mol. The first-order valence-electron chi connectivity index (χ1n) is 11.2. The molecule has 10 heteroatoms. The summed E-state index contributed by atoms with van der Waals surface area (Å²) in [5, 5.41) is 5.55. The molecule has 9 nitrogen and oxygen atoms in total. The van der Waals surface area contributed by atoms with Crippen LogP contribution in [0.1, 0.15) is 32.4 Å². The van der Waals surface area contributed by atoms with Gasteiger partial charge in [-0.25, -0.2) is 18.8 Å². The number of halogens is 1. The zero-order valence-electron chi connectivity index (χ0n) is 19.6. The number of likely N-dealkylation sites (N-methyl/N-ethyl adjacent to an activating group) is 1. The lowest BCUT2D eigenvalue weighted by molar-refractivity contribution is -0.139. The molecule has 2 heterocycles. The summed E-state index contributed by atoms with van der Waals surface area (Å²) in [6, 6.07) is 4.51. The van der Waals surface area contributed by atoms with Gasteiger partial charge in [-0.1, -0.05) is 18.2 Å². The zero-order valence-corrected chi connectivity index (χ0v) is 19.6. The van der Waals surface area contributed by atoms with E-state index in [4.69, 9.17) is 4.74 Å². The molecule has 0 bridgehead atoms. The molecule has 180 valence electrons. The minimum absolute atomic E-state index is 0.0537. The summed E-state index contributed by atoms with van der Waals surface area (Å²) in [6.45, 7) is 8.18. The highest BCUT2D eigenvalue weighted by Crippen LogP contribution is 2.33. The van der Waals surface area contributed by atoms with Crippen LogP contribution in [-0.2, 0) is 9.53 Å². The molecule has 2 aliphatic heterocycles. The number of carbonyl (C=O) groups excluding carboxylic acids is 3. The van der Waals surface area contributed by atoms with E-state index >= 15 is 0 Å². The van der Waals surface area contributed by atoms with E-state index in [1.165, 1.54) is 11.0 Å². The average Bonchev–Trinajstić information content (AvgIpc) is 2.77. The smallest absolute Gasteiger partial charge is 0.338 e. The summed E-state index contributed by atoms with van der Waals surface area (Å²) in [5.41, 5.74) is 0.876. The molecule has 0 saturated carbocycles. The quantitative estimate of drug-likeness (QED) is 0.633. The van der Waals surface area contributed by atoms with Crippen molar-refractivity contribution in [3.8, 4) is 0 Å². The summed E-state index contributed by atoms with van der Waals surface area (Å²) in [4.78, 5) is 43.3. The molecule has 1 aromatic rings. The Hall–Kier alpha value is -3.14. The molecule has 4 amide bonds. The Balaban J connectivity index is 1.94. The SMILES string of the molecule is CCNC(=O)N1CCN(CC2=C(C(=O)OCC)[C@H](c3ccccc3F)NC(=O)N2C)C[C@@H]1C. The summed E-state index contributed by atoms with van der Waals surface area (Å²) in [5.74, 6) is -1.11. The maximum absolute atomic E-state index is 14.6. The third-order valence-electron chi connectivity index (χ3n) is 5.96. The van der Waals surface area contributed by atoms with Gasteiger partial charge in [-0.3, -0.25) is 9.80 Å². The highest BCUT2D eigenvalue weighted by molar-refractivity contribution is 5.95. The van der Waals surface area contributed by atoms with Crippen LogP contribution >= 0.6 is 0 Å². The molecule has 3 rings (SSSR count). The lowest BCUT2D eigenvalue weighted by Gasteiger charge is -2.42. The van der Waals surface area contributed by atoms with Gasteiger partial charge in [0.2, 0.25) is 0 Å². The minimum atomic E-state index is -0.960. The second kappa shape index (κ2) is 10.7. The standard InChI is InChI=1S/C23H32FN5O4/c1-5-25-22(31)29-12-11-28(13-15(29)3)14-18-19(21(30)33-6-2)20(26-23(32)27(18)4)16-9-7-8-10-17(16)24/h7-10,15,20H,5-6,11-14H2,1-4H3,(H,25,31)(H,26,32)/t15-,20-/m0/s1. The third kappa shape index (κ3) is 5.27. The van der Waals surface area contributed by atoms with Crippen molar-refractivity contribution in [2.24, 2.45) is 0 Å². The largest absolute Gasteiger partial charge is 0.463 e. The maximum Gasteiger partial charge on any atom is 0.338 e. The Bertz CT molecular complexity index is 937. The molecule has 0 aromatic heterocycles. The van der Waals surface area contributed by atoms with Crippen LogP contribution in [0.5, 0.6) is 0 Å². The molecule has 1 fully saturated rings. The normalized spacial score (nSPS) is 21.7. The Labute approximate surface area is 193 Å². The molecule has 2 aliphatic rings. The van der Waals surface area contributed by atoms with E-state index in [-0.39, 0.29) is 36.4 Å². The number of ether oxygens (including phenoxy) is 1. The van der Waals surface area contributed by atoms with Crippen LogP contribution < -0.4 is 10.6 Å². The van der Waals surface area contributed by atoms with Gasteiger partial charge in [-0.05, 0) is 26.8 Å². The number of rotatable bonds is 6. The van der Waals surface area contributed by atoms with Crippen molar-refractivity contribution in [1.29, 1.82) is 0 Å². The second-order valence-corrected chi connectivity index (χ2v) is 8.16. The fraction of sp³-hybridized carbons (Fsp3) is 0.522. The Morgan fingerprint density at radius 2 is 1.97 bits per heavy atom. The van der Waals surface area contributed by atoms with Crippen molar-refractivity contribution in [2.45, 2.75) is 32.9 Å². The molecule has 2 N–H and O–H groups in total. The van der Waals surface area contributed by atoms with Crippen LogP contribution in [0, 0.1) is 5.82 Å². The predicted octanol–water partition coefficient (Wildman–Crippen LogP) is 2.07. The fourth-order valence-electron chi connectivity index (χ4n) is 4.28. The van der Waals surface area contributed by atoms with E-state index in [1.54, 1.807) is 37.1 Å². The first kappa shape index (κ1) is 24.5. The number of nitrogens with one attached hydrogen (secondary N) is 2. The van der Waals surface area contributed by atoms with Crippen molar-refractivity contribution in [2.75, 3.05) is 46.4 Å². The number of hydrogen-bond donors (Lipinski definition) is 2. The molecule has 33 heavy (non-hydrogen) atoms. The number of piperazine rings is 1. The maximum atomic E-state index is 14.6. The first-order valence-corrected chi connectivity index (χ1v) is 11.2. The van der Waals surface area contributed by atoms with Gasteiger partial charge in [0.1, 0.15) is 5.82 Å². The van der Waals surface area contributed by atoms with Crippen molar-refractivity contribution in [3.63, 3.8) is 0 Å². The molecule has 0 unspecified atom stereocenters. The summed E-state index contributed by atoms with van der Waals surface area (Å²) < 4.78 is 19.9. The Morgan fingerprint density at radius 1 is 1.24 bits per heavy atom. The van der Waals surface area contributed by atoms with E-state index in [9.17, 15) is 18.8 Å². The van der Waals surface area contributed by atoms with Crippen LogP contribution in [0.4, 0.5) is 14.0 Å². The minimum Gasteiger partial charge on any atom is -0.463 e. The van der Waals surface area contributed by atoms with Crippen LogP contribution in [0.3, 0.4) is 0 Å². The number of amides is 4. The number of benzene rings is 1. The fourth-order valence-corrected chi connectivity index (χ4v) is 4.28. The highest BCUT2D eigenvalue weighted by Gasteiger charge is 2.39. The number of urea groups is 2. The second-order valence-electron chi connectivity index (χ2n) is 8.16. The lowest BCUT2D eigenvalue weighted by Crippen LogP contribution is -2.58. The topological polar surface area (TPSA) is 94.2 Å². The molecule has 1 aromatic carbocycles. The van der Waals surface area contributed by atoms with Gasteiger partial charge < -0.3 is 20.3 Å². The summed E-state index contributed by atoms with van der Waals surface area (Å²) in [6.07, 6.45) is 0. The van der Waals surface area contributed by atoms with Gasteiger partial charge in [0.05, 0.1) is 18.2 Å². The van der Waals surface area contributed by atoms with Gasteiger partial charge in [-0.2, -0.15) is 0 Å². The summed E-state index contributed by atoms with van der Waals surface area (Å²) >= 11 is 0. The lowest BCUT2D eigenvalue weighted by atomic mass is 9.93.